The van der Waals surface area contributed by atoms with E-state index in [0.29, 0.717) is 28.0 Å². The zero-order valence-electron chi connectivity index (χ0n) is 21.3. The highest BCUT2D eigenvalue weighted by Gasteiger charge is 2.31. The number of aromatic nitrogens is 2. The van der Waals surface area contributed by atoms with E-state index in [1.165, 1.54) is 6.07 Å². The summed E-state index contributed by atoms with van der Waals surface area (Å²) in [5.74, 6) is -1.11. The number of rotatable bonds is 6. The summed E-state index contributed by atoms with van der Waals surface area (Å²) in [6.45, 7) is 0.205. The van der Waals surface area contributed by atoms with Gasteiger partial charge in [-0.1, -0.05) is 18.2 Å². The lowest BCUT2D eigenvalue weighted by molar-refractivity contribution is -0.141. The number of hydrogen-bond acceptors (Lipinski definition) is 5. The molecule has 0 saturated carbocycles. The molecule has 1 saturated heterocycles. The predicted molar refractivity (Wildman–Crippen MR) is 145 cm³/mol. The largest absolute Gasteiger partial charge is 0.408 e. The van der Waals surface area contributed by atoms with Crippen molar-refractivity contribution in [1.82, 2.24) is 9.78 Å². The molecule has 0 aliphatic carbocycles. The number of halogens is 3. The molecule has 2 N–H and O–H groups in total. The van der Waals surface area contributed by atoms with Gasteiger partial charge in [-0.05, 0) is 67.8 Å². The van der Waals surface area contributed by atoms with Gasteiger partial charge in [-0.25, -0.2) is 0 Å². The SMILES string of the molecule is N#Cc1ccc(NC(=O)c2ccc(N3CCCCC3)c(NC(=O)c3nn(CC(F)(F)F)c4ccccc34)c2)cc1. The van der Waals surface area contributed by atoms with Gasteiger partial charge in [0, 0.05) is 29.7 Å². The summed E-state index contributed by atoms with van der Waals surface area (Å²) in [6.07, 6.45) is -1.48. The van der Waals surface area contributed by atoms with Crippen molar-refractivity contribution in [2.24, 2.45) is 0 Å². The van der Waals surface area contributed by atoms with Crippen molar-refractivity contribution in [3.05, 3.63) is 83.6 Å². The fraction of sp³-hybridized carbons (Fsp3) is 0.241. The number of anilines is 3. The number of hydrogen-bond donors (Lipinski definition) is 2. The Kier molecular flexibility index (Phi) is 7.42. The van der Waals surface area contributed by atoms with Gasteiger partial charge in [-0.3, -0.25) is 14.3 Å². The van der Waals surface area contributed by atoms with Gasteiger partial charge in [0.05, 0.1) is 28.5 Å². The number of carbonyl (C=O) groups excluding carboxylic acids is 2. The summed E-state index contributed by atoms with van der Waals surface area (Å²) >= 11 is 0. The second kappa shape index (κ2) is 11.1. The number of carbonyl (C=O) groups is 2. The Hall–Kier alpha value is -4.85. The number of benzene rings is 3. The summed E-state index contributed by atoms with van der Waals surface area (Å²) in [7, 11) is 0. The summed E-state index contributed by atoms with van der Waals surface area (Å²) in [5.41, 5.74) is 2.34. The first-order chi connectivity index (χ1) is 19.2. The molecule has 1 aliphatic heterocycles. The molecule has 4 aromatic rings. The zero-order chi connectivity index (χ0) is 28.3. The van der Waals surface area contributed by atoms with E-state index in [9.17, 15) is 22.8 Å². The van der Waals surface area contributed by atoms with Crippen molar-refractivity contribution in [2.45, 2.75) is 32.0 Å². The molecule has 1 aromatic heterocycles. The van der Waals surface area contributed by atoms with Gasteiger partial charge < -0.3 is 15.5 Å². The smallest absolute Gasteiger partial charge is 0.370 e. The lowest BCUT2D eigenvalue weighted by Gasteiger charge is -2.30. The van der Waals surface area contributed by atoms with Gasteiger partial charge in [-0.2, -0.15) is 23.5 Å². The topological polar surface area (TPSA) is 103 Å². The van der Waals surface area contributed by atoms with E-state index in [4.69, 9.17) is 5.26 Å². The molecule has 2 amide bonds. The standard InChI is InChI=1S/C29H25F3N6O2/c30-29(31,32)18-38-24-7-3-2-6-22(24)26(36-38)28(40)35-23-16-20(10-13-25(23)37-14-4-1-5-15-37)27(39)34-21-11-8-19(17-33)9-12-21/h2-3,6-13,16H,1,4-5,14-15,18H2,(H,34,39)(H,35,40). The van der Waals surface area contributed by atoms with Crippen LogP contribution in [0.5, 0.6) is 0 Å². The van der Waals surface area contributed by atoms with Gasteiger partial charge in [0.15, 0.2) is 5.69 Å². The molecule has 8 nitrogen and oxygen atoms in total. The second-order valence-electron chi connectivity index (χ2n) is 9.52. The highest BCUT2D eigenvalue weighted by Crippen LogP contribution is 2.31. The molecular formula is C29H25F3N6O2. The van der Waals surface area contributed by atoms with Crippen LogP contribution in [0.4, 0.5) is 30.2 Å². The van der Waals surface area contributed by atoms with Crippen LogP contribution in [0.3, 0.4) is 0 Å². The molecule has 204 valence electrons. The fourth-order valence-electron chi connectivity index (χ4n) is 4.79. The first-order valence-electron chi connectivity index (χ1n) is 12.8. The molecule has 1 aliphatic rings. The number of para-hydroxylation sites is 1. The first-order valence-corrected chi connectivity index (χ1v) is 12.8. The van der Waals surface area contributed by atoms with Crippen molar-refractivity contribution in [2.75, 3.05) is 28.6 Å². The minimum Gasteiger partial charge on any atom is -0.370 e. The molecule has 0 spiro atoms. The Balaban J connectivity index is 1.47. The van der Waals surface area contributed by atoms with Crippen LogP contribution >= 0.6 is 0 Å². The van der Waals surface area contributed by atoms with E-state index in [1.807, 2.05) is 6.07 Å². The van der Waals surface area contributed by atoms with E-state index in [1.54, 1.807) is 60.7 Å². The van der Waals surface area contributed by atoms with Crippen molar-refractivity contribution in [3.63, 3.8) is 0 Å². The van der Waals surface area contributed by atoms with E-state index < -0.39 is 24.5 Å². The minimum atomic E-state index is -4.51. The fourth-order valence-corrected chi connectivity index (χ4v) is 4.79. The molecule has 0 unspecified atom stereocenters. The number of nitrogens with zero attached hydrogens (tertiary/aromatic N) is 4. The van der Waals surface area contributed by atoms with Crippen molar-refractivity contribution >= 4 is 39.8 Å². The monoisotopic (exact) mass is 546 g/mol. The molecule has 11 heteroatoms. The molecule has 1 fully saturated rings. The molecule has 3 aromatic carbocycles. The van der Waals surface area contributed by atoms with E-state index in [2.05, 4.69) is 20.6 Å². The Labute approximate surface area is 228 Å². The number of fused-ring (bicyclic) bond motifs is 1. The number of alkyl halides is 3. The maximum Gasteiger partial charge on any atom is 0.408 e. The van der Waals surface area contributed by atoms with Crippen LogP contribution < -0.4 is 15.5 Å². The lowest BCUT2D eigenvalue weighted by Crippen LogP contribution is -2.30. The van der Waals surface area contributed by atoms with Gasteiger partial charge in [-0.15, -0.1) is 0 Å². The number of nitrogens with one attached hydrogen (secondary N) is 2. The van der Waals surface area contributed by atoms with Crippen molar-refractivity contribution in [3.8, 4) is 6.07 Å². The van der Waals surface area contributed by atoms with Crippen LogP contribution in [-0.4, -0.2) is 40.9 Å². The highest BCUT2D eigenvalue weighted by molar-refractivity contribution is 6.13. The zero-order valence-corrected chi connectivity index (χ0v) is 21.3. The third-order valence-corrected chi connectivity index (χ3v) is 6.68. The summed E-state index contributed by atoms with van der Waals surface area (Å²) in [4.78, 5) is 28.6. The Bertz CT molecular complexity index is 1600. The van der Waals surface area contributed by atoms with Crippen molar-refractivity contribution in [1.29, 1.82) is 5.26 Å². The lowest BCUT2D eigenvalue weighted by atomic mass is 10.1. The maximum atomic E-state index is 13.5. The summed E-state index contributed by atoms with van der Waals surface area (Å²) in [5, 5.41) is 18.9. The average Bonchev–Trinajstić information content (AvgIpc) is 3.31. The molecule has 0 radical (unpaired) electrons. The normalized spacial score (nSPS) is 13.6. The van der Waals surface area contributed by atoms with Gasteiger partial charge >= 0.3 is 6.18 Å². The minimum absolute atomic E-state index is 0.142. The molecule has 5 rings (SSSR count). The van der Waals surface area contributed by atoms with Crippen LogP contribution in [0.2, 0.25) is 0 Å². The van der Waals surface area contributed by atoms with Crippen LogP contribution in [0, 0.1) is 11.3 Å². The molecular weight excluding hydrogens is 521 g/mol. The third-order valence-electron chi connectivity index (χ3n) is 6.68. The maximum absolute atomic E-state index is 13.5. The quantitative estimate of drug-likeness (QED) is 0.310. The van der Waals surface area contributed by atoms with Crippen LogP contribution in [0.15, 0.2) is 66.7 Å². The summed E-state index contributed by atoms with van der Waals surface area (Å²) < 4.78 is 40.3. The molecule has 0 atom stereocenters. The number of amides is 2. The highest BCUT2D eigenvalue weighted by atomic mass is 19.4. The number of nitriles is 1. The Morgan fingerprint density at radius 1 is 0.925 bits per heavy atom. The second-order valence-corrected chi connectivity index (χ2v) is 9.52. The first kappa shape index (κ1) is 26.7. The molecule has 0 bridgehead atoms. The van der Waals surface area contributed by atoms with Gasteiger partial charge in [0.25, 0.3) is 11.8 Å². The van der Waals surface area contributed by atoms with Crippen LogP contribution in [0.25, 0.3) is 10.9 Å². The van der Waals surface area contributed by atoms with E-state index in [0.717, 1.165) is 37.0 Å². The summed E-state index contributed by atoms with van der Waals surface area (Å²) in [6, 6.07) is 19.6. The van der Waals surface area contributed by atoms with Crippen LogP contribution in [0.1, 0.15) is 45.7 Å². The molecule has 2 heterocycles. The Morgan fingerprint density at radius 2 is 1.65 bits per heavy atom. The Morgan fingerprint density at radius 3 is 2.35 bits per heavy atom. The van der Waals surface area contributed by atoms with Crippen LogP contribution in [-0.2, 0) is 6.54 Å². The molecule has 40 heavy (non-hydrogen) atoms. The van der Waals surface area contributed by atoms with Gasteiger partial charge in [0.2, 0.25) is 0 Å². The average molecular weight is 547 g/mol. The number of piperidine rings is 1. The van der Waals surface area contributed by atoms with Gasteiger partial charge in [0.1, 0.15) is 6.54 Å². The van der Waals surface area contributed by atoms with Crippen molar-refractivity contribution < 1.29 is 22.8 Å². The third kappa shape index (κ3) is 5.91. The van der Waals surface area contributed by atoms with E-state index >= 15 is 0 Å². The predicted octanol–water partition coefficient (Wildman–Crippen LogP) is 5.97. The van der Waals surface area contributed by atoms with E-state index in [-0.39, 0.29) is 16.8 Å².